The van der Waals surface area contributed by atoms with Crippen molar-refractivity contribution >= 4 is 20.2 Å². The molecule has 0 fully saturated rings. The molecule has 0 bridgehead atoms. The standard InChI is InChI=1S/C9H11O7S2/c1-6-2-3-8(17(11,12)13)7(4-5-10)9(6)18(14,15)16/h2-3H,4-5H2,1H3,(H,11,12,13)(H,14,15,16). The van der Waals surface area contributed by atoms with Crippen LogP contribution in [0.3, 0.4) is 0 Å². The molecule has 101 valence electrons. The summed E-state index contributed by atoms with van der Waals surface area (Å²) in [6.07, 6.45) is -0.439. The summed E-state index contributed by atoms with van der Waals surface area (Å²) >= 11 is 0. The minimum Gasteiger partial charge on any atom is -0.282 e. The van der Waals surface area contributed by atoms with Crippen LogP contribution >= 0.6 is 0 Å². The van der Waals surface area contributed by atoms with E-state index < -0.39 is 48.6 Å². The lowest BCUT2D eigenvalue weighted by Crippen LogP contribution is -2.12. The van der Waals surface area contributed by atoms with Gasteiger partial charge in [0, 0.05) is 6.42 Å². The van der Waals surface area contributed by atoms with Crippen molar-refractivity contribution < 1.29 is 31.0 Å². The fourth-order valence-corrected chi connectivity index (χ4v) is 3.48. The fraction of sp³-hybridized carbons (Fsp3) is 0.333. The number of benzene rings is 1. The van der Waals surface area contributed by atoms with E-state index in [-0.39, 0.29) is 5.56 Å². The second-order valence-corrected chi connectivity index (χ2v) is 6.34. The first-order valence-corrected chi connectivity index (χ1v) is 7.62. The molecule has 0 aliphatic heterocycles. The highest BCUT2D eigenvalue weighted by molar-refractivity contribution is 7.86. The summed E-state index contributed by atoms with van der Waals surface area (Å²) in [5, 5.41) is 10.6. The van der Waals surface area contributed by atoms with E-state index in [0.717, 1.165) is 12.1 Å². The third-order valence-electron chi connectivity index (χ3n) is 2.30. The average Bonchev–Trinajstić information content (AvgIpc) is 2.13. The van der Waals surface area contributed by atoms with Gasteiger partial charge in [0.1, 0.15) is 4.90 Å². The zero-order chi connectivity index (χ0) is 14.1. The van der Waals surface area contributed by atoms with Crippen molar-refractivity contribution in [3.8, 4) is 0 Å². The molecule has 0 amide bonds. The van der Waals surface area contributed by atoms with Crippen LogP contribution in [-0.2, 0) is 31.8 Å². The van der Waals surface area contributed by atoms with Gasteiger partial charge < -0.3 is 0 Å². The average molecular weight is 295 g/mol. The summed E-state index contributed by atoms with van der Waals surface area (Å²) < 4.78 is 62.6. The Kier molecular flexibility index (Phi) is 4.13. The van der Waals surface area contributed by atoms with Gasteiger partial charge in [0.15, 0.2) is 0 Å². The second kappa shape index (κ2) is 4.94. The zero-order valence-electron chi connectivity index (χ0n) is 9.32. The van der Waals surface area contributed by atoms with Crippen molar-refractivity contribution in [3.63, 3.8) is 0 Å². The SMILES string of the molecule is Cc1ccc(S(=O)(=O)O)c(CC[O])c1S(=O)(=O)O. The van der Waals surface area contributed by atoms with E-state index in [1.54, 1.807) is 0 Å². The monoisotopic (exact) mass is 295 g/mol. The van der Waals surface area contributed by atoms with E-state index in [0.29, 0.717) is 0 Å². The quantitative estimate of drug-likeness (QED) is 0.776. The van der Waals surface area contributed by atoms with E-state index in [4.69, 9.17) is 9.11 Å². The molecular weight excluding hydrogens is 284 g/mol. The van der Waals surface area contributed by atoms with Crippen LogP contribution < -0.4 is 0 Å². The Hall–Kier alpha value is -1.00. The zero-order valence-corrected chi connectivity index (χ0v) is 11.0. The fourth-order valence-electron chi connectivity index (χ4n) is 1.67. The van der Waals surface area contributed by atoms with Gasteiger partial charge in [0.25, 0.3) is 20.2 Å². The first-order chi connectivity index (χ1) is 8.09. The summed E-state index contributed by atoms with van der Waals surface area (Å²) in [5.41, 5.74) is -0.302. The Bertz CT molecular complexity index is 658. The molecule has 0 unspecified atom stereocenters. The largest absolute Gasteiger partial charge is 0.295 e. The first-order valence-electron chi connectivity index (χ1n) is 4.74. The molecule has 0 saturated carbocycles. The van der Waals surface area contributed by atoms with Crippen molar-refractivity contribution in [3.05, 3.63) is 23.3 Å². The van der Waals surface area contributed by atoms with Gasteiger partial charge in [0.2, 0.25) is 0 Å². The van der Waals surface area contributed by atoms with Gasteiger partial charge in [-0.1, -0.05) is 6.07 Å². The maximum Gasteiger partial charge on any atom is 0.295 e. The Morgan fingerprint density at radius 1 is 1.06 bits per heavy atom. The second-order valence-electron chi connectivity index (χ2n) is 3.59. The van der Waals surface area contributed by atoms with Gasteiger partial charge in [-0.3, -0.25) is 9.11 Å². The minimum atomic E-state index is -4.68. The Balaban J connectivity index is 3.81. The highest BCUT2D eigenvalue weighted by Crippen LogP contribution is 2.27. The third-order valence-corrected chi connectivity index (χ3v) is 4.32. The molecule has 0 spiro atoms. The maximum absolute atomic E-state index is 11.2. The molecular formula is C9H11O7S2. The highest BCUT2D eigenvalue weighted by Gasteiger charge is 2.25. The Morgan fingerprint density at radius 3 is 2.00 bits per heavy atom. The van der Waals surface area contributed by atoms with Gasteiger partial charge in [-0.25, -0.2) is 5.11 Å². The molecule has 0 aliphatic rings. The molecule has 2 N–H and O–H groups in total. The van der Waals surface area contributed by atoms with Crippen LogP contribution in [0.4, 0.5) is 0 Å². The van der Waals surface area contributed by atoms with E-state index in [2.05, 4.69) is 0 Å². The number of aryl methyl sites for hydroxylation is 1. The molecule has 0 aromatic heterocycles. The molecule has 1 rings (SSSR count). The normalized spacial score (nSPS) is 12.7. The van der Waals surface area contributed by atoms with E-state index >= 15 is 0 Å². The van der Waals surface area contributed by atoms with Gasteiger partial charge >= 0.3 is 0 Å². The lowest BCUT2D eigenvalue weighted by atomic mass is 10.1. The topological polar surface area (TPSA) is 129 Å². The minimum absolute atomic E-state index is 0.0911. The van der Waals surface area contributed by atoms with Crippen LogP contribution in [0, 0.1) is 6.92 Å². The predicted octanol–water partition coefficient (Wildman–Crippen LogP) is 0.461. The van der Waals surface area contributed by atoms with Crippen molar-refractivity contribution in [2.75, 3.05) is 6.61 Å². The van der Waals surface area contributed by atoms with Crippen molar-refractivity contribution in [1.29, 1.82) is 0 Å². The molecule has 1 radical (unpaired) electrons. The molecule has 9 heteroatoms. The van der Waals surface area contributed by atoms with Crippen LogP contribution in [-0.4, -0.2) is 32.5 Å². The smallest absolute Gasteiger partial charge is 0.282 e. The summed E-state index contributed by atoms with van der Waals surface area (Å²) in [5.74, 6) is 0. The molecule has 0 heterocycles. The lowest BCUT2D eigenvalue weighted by Gasteiger charge is -2.12. The van der Waals surface area contributed by atoms with Gasteiger partial charge in [-0.05, 0) is 24.1 Å². The molecule has 7 nitrogen and oxygen atoms in total. The van der Waals surface area contributed by atoms with Crippen LogP contribution in [0.5, 0.6) is 0 Å². The summed E-state index contributed by atoms with van der Waals surface area (Å²) in [7, 11) is -9.35. The molecule has 0 atom stereocenters. The van der Waals surface area contributed by atoms with Gasteiger partial charge in [0.05, 0.1) is 11.5 Å². The van der Waals surface area contributed by atoms with Crippen LogP contribution in [0.1, 0.15) is 11.1 Å². The number of rotatable bonds is 4. The van der Waals surface area contributed by atoms with E-state index in [9.17, 15) is 21.9 Å². The van der Waals surface area contributed by atoms with Crippen molar-refractivity contribution in [1.82, 2.24) is 0 Å². The van der Waals surface area contributed by atoms with Crippen molar-refractivity contribution in [2.24, 2.45) is 0 Å². The van der Waals surface area contributed by atoms with Crippen LogP contribution in [0.25, 0.3) is 0 Å². The molecule has 0 saturated heterocycles. The summed E-state index contributed by atoms with van der Waals surface area (Å²) in [4.78, 5) is -1.33. The lowest BCUT2D eigenvalue weighted by molar-refractivity contribution is 0.196. The first kappa shape index (κ1) is 15.1. The van der Waals surface area contributed by atoms with Gasteiger partial charge in [-0.15, -0.1) is 0 Å². The van der Waals surface area contributed by atoms with E-state index in [1.807, 2.05) is 0 Å². The molecule has 1 aromatic rings. The summed E-state index contributed by atoms with van der Waals surface area (Å²) in [6.45, 7) is 0.555. The number of hydrogen-bond donors (Lipinski definition) is 2. The third kappa shape index (κ3) is 3.06. The highest BCUT2D eigenvalue weighted by atomic mass is 32.2. The van der Waals surface area contributed by atoms with Crippen LogP contribution in [0.15, 0.2) is 21.9 Å². The van der Waals surface area contributed by atoms with Crippen molar-refractivity contribution in [2.45, 2.75) is 23.1 Å². The van der Waals surface area contributed by atoms with E-state index in [1.165, 1.54) is 6.92 Å². The molecule has 18 heavy (non-hydrogen) atoms. The maximum atomic E-state index is 11.2. The summed E-state index contributed by atoms with van der Waals surface area (Å²) in [6, 6.07) is 2.12. The number of hydrogen-bond acceptors (Lipinski definition) is 4. The molecule has 0 aliphatic carbocycles. The van der Waals surface area contributed by atoms with Gasteiger partial charge in [-0.2, -0.15) is 16.8 Å². The molecule has 1 aromatic carbocycles. The predicted molar refractivity (Wildman–Crippen MR) is 60.1 cm³/mol. The Morgan fingerprint density at radius 2 is 1.61 bits per heavy atom. The Labute approximate surface area is 105 Å². The van der Waals surface area contributed by atoms with Crippen LogP contribution in [0.2, 0.25) is 0 Å².